The van der Waals surface area contributed by atoms with E-state index >= 15 is 0 Å². The Morgan fingerprint density at radius 1 is 1.29 bits per heavy atom. The molecule has 2 N–H and O–H groups in total. The zero-order valence-corrected chi connectivity index (χ0v) is 12.5. The summed E-state index contributed by atoms with van der Waals surface area (Å²) >= 11 is 1.84. The maximum atomic E-state index is 6.14. The van der Waals surface area contributed by atoms with Gasteiger partial charge in [-0.2, -0.15) is 0 Å². The van der Waals surface area contributed by atoms with E-state index in [4.69, 9.17) is 5.73 Å². The molecule has 0 heterocycles. The zero-order valence-electron chi connectivity index (χ0n) is 11.7. The molecule has 0 fully saturated rings. The lowest BCUT2D eigenvalue weighted by molar-refractivity contribution is 0.665. The van der Waals surface area contributed by atoms with Crippen LogP contribution in [0.25, 0.3) is 0 Å². The van der Waals surface area contributed by atoms with Gasteiger partial charge >= 0.3 is 0 Å². The van der Waals surface area contributed by atoms with Crippen LogP contribution in [0.4, 0.5) is 5.69 Å². The summed E-state index contributed by atoms with van der Waals surface area (Å²) in [4.78, 5) is 1.20. The van der Waals surface area contributed by atoms with Crippen LogP contribution in [-0.4, -0.2) is 4.75 Å². The number of hydrogen-bond acceptors (Lipinski definition) is 2. The molecule has 96 valence electrons. The van der Waals surface area contributed by atoms with Crippen molar-refractivity contribution in [3.63, 3.8) is 0 Å². The first kappa shape index (κ1) is 14.4. The van der Waals surface area contributed by atoms with Crippen LogP contribution in [0.5, 0.6) is 0 Å². The first-order valence-electron chi connectivity index (χ1n) is 6.42. The predicted molar refractivity (Wildman–Crippen MR) is 79.8 cm³/mol. The quantitative estimate of drug-likeness (QED) is 0.597. The monoisotopic (exact) mass is 251 g/mol. The average molecular weight is 251 g/mol. The van der Waals surface area contributed by atoms with Crippen molar-refractivity contribution in [1.82, 2.24) is 0 Å². The zero-order chi connectivity index (χ0) is 13.1. The van der Waals surface area contributed by atoms with Gasteiger partial charge < -0.3 is 5.73 Å². The Hall–Kier alpha value is -0.630. The number of nitrogens with two attached hydrogens (primary N) is 1. The Balaban J connectivity index is 2.86. The molecule has 1 unspecified atom stereocenters. The number of benzene rings is 1. The predicted octanol–water partition coefficient (Wildman–Crippen LogP) is 5.06. The summed E-state index contributed by atoms with van der Waals surface area (Å²) in [5.41, 5.74) is 8.43. The molecule has 1 rings (SSSR count). The van der Waals surface area contributed by atoms with E-state index in [1.54, 1.807) is 0 Å². The average Bonchev–Trinajstić information content (AvgIpc) is 2.19. The molecule has 0 saturated heterocycles. The molecule has 1 atom stereocenters. The van der Waals surface area contributed by atoms with Gasteiger partial charge in [0.15, 0.2) is 0 Å². The van der Waals surface area contributed by atoms with Gasteiger partial charge in [-0.15, -0.1) is 11.8 Å². The molecule has 0 spiro atoms. The first-order chi connectivity index (χ1) is 7.83. The highest BCUT2D eigenvalue weighted by Gasteiger charge is 2.15. The number of nitrogen functional groups attached to an aromatic ring is 1. The molecule has 0 aliphatic heterocycles. The summed E-state index contributed by atoms with van der Waals surface area (Å²) in [6, 6.07) is 6.55. The Labute approximate surface area is 110 Å². The minimum atomic E-state index is 0.213. The van der Waals surface area contributed by atoms with Crippen LogP contribution in [-0.2, 0) is 0 Å². The van der Waals surface area contributed by atoms with Crippen LogP contribution in [0.2, 0.25) is 0 Å². The molecule has 2 heteroatoms. The van der Waals surface area contributed by atoms with Crippen molar-refractivity contribution in [2.24, 2.45) is 0 Å². The van der Waals surface area contributed by atoms with Crippen LogP contribution < -0.4 is 5.73 Å². The van der Waals surface area contributed by atoms with Crippen LogP contribution >= 0.6 is 11.8 Å². The summed E-state index contributed by atoms with van der Waals surface area (Å²) in [7, 11) is 0. The highest BCUT2D eigenvalue weighted by Crippen LogP contribution is 2.37. The van der Waals surface area contributed by atoms with E-state index in [-0.39, 0.29) is 4.75 Å². The van der Waals surface area contributed by atoms with Gasteiger partial charge in [-0.25, -0.2) is 0 Å². The summed E-state index contributed by atoms with van der Waals surface area (Å²) in [6.07, 6.45) is 2.45. The number of anilines is 1. The fraction of sp³-hybridized carbons (Fsp3) is 0.600. The lowest BCUT2D eigenvalue weighted by Crippen LogP contribution is -2.08. The molecule has 0 amide bonds. The van der Waals surface area contributed by atoms with Crippen LogP contribution in [0, 0.1) is 0 Å². The Bertz CT molecular complexity index is 366. The summed E-state index contributed by atoms with van der Waals surface area (Å²) in [6.45, 7) is 11.1. The van der Waals surface area contributed by atoms with Gasteiger partial charge in [0.1, 0.15) is 0 Å². The smallest absolute Gasteiger partial charge is 0.0455 e. The highest BCUT2D eigenvalue weighted by atomic mass is 32.2. The number of rotatable bonds is 4. The summed E-state index contributed by atoms with van der Waals surface area (Å²) < 4.78 is 0.213. The van der Waals surface area contributed by atoms with Crippen molar-refractivity contribution in [3.05, 3.63) is 23.8 Å². The molecular formula is C15H25NS. The van der Waals surface area contributed by atoms with E-state index in [1.807, 2.05) is 11.8 Å². The molecule has 1 aromatic carbocycles. The van der Waals surface area contributed by atoms with Crippen molar-refractivity contribution in [1.29, 1.82) is 0 Å². The fourth-order valence-electron chi connectivity index (χ4n) is 1.90. The Morgan fingerprint density at radius 3 is 2.41 bits per heavy atom. The molecule has 0 saturated carbocycles. The van der Waals surface area contributed by atoms with Gasteiger partial charge in [-0.05, 0) is 30.0 Å². The normalized spacial score (nSPS) is 13.7. The maximum absolute atomic E-state index is 6.14. The topological polar surface area (TPSA) is 26.0 Å². The van der Waals surface area contributed by atoms with Gasteiger partial charge in [0.25, 0.3) is 0 Å². The highest BCUT2D eigenvalue weighted by molar-refractivity contribution is 8.00. The second kappa shape index (κ2) is 5.81. The molecule has 0 bridgehead atoms. The molecule has 0 aromatic heterocycles. The van der Waals surface area contributed by atoms with Crippen molar-refractivity contribution in [2.75, 3.05) is 5.73 Å². The van der Waals surface area contributed by atoms with Gasteiger partial charge in [0, 0.05) is 15.3 Å². The Morgan fingerprint density at radius 2 is 1.94 bits per heavy atom. The minimum absolute atomic E-state index is 0.213. The second-order valence-electron chi connectivity index (χ2n) is 5.70. The first-order valence-corrected chi connectivity index (χ1v) is 7.23. The third kappa shape index (κ3) is 4.63. The van der Waals surface area contributed by atoms with E-state index in [0.717, 1.165) is 5.69 Å². The molecule has 0 radical (unpaired) electrons. The third-order valence-electron chi connectivity index (χ3n) is 2.74. The van der Waals surface area contributed by atoms with E-state index < -0.39 is 0 Å². The molecule has 1 aromatic rings. The molecule has 0 aliphatic carbocycles. The number of hydrogen-bond donors (Lipinski definition) is 1. The van der Waals surface area contributed by atoms with E-state index in [0.29, 0.717) is 5.92 Å². The van der Waals surface area contributed by atoms with Crippen molar-refractivity contribution in [3.8, 4) is 0 Å². The van der Waals surface area contributed by atoms with Gasteiger partial charge in [-0.1, -0.05) is 47.1 Å². The lowest BCUT2D eigenvalue weighted by Gasteiger charge is -2.20. The third-order valence-corrected chi connectivity index (χ3v) is 3.94. The Kier molecular flexibility index (Phi) is 4.93. The second-order valence-corrected chi connectivity index (χ2v) is 7.57. The fourth-order valence-corrected chi connectivity index (χ4v) is 2.87. The standard InChI is InChI=1S/C15H25NS/c1-6-7-11(2)12-8-9-14(13(16)10-12)17-15(3,4)5/h8-11H,6-7,16H2,1-5H3. The van der Waals surface area contributed by atoms with Gasteiger partial charge in [-0.3, -0.25) is 0 Å². The van der Waals surface area contributed by atoms with Crippen molar-refractivity contribution in [2.45, 2.75) is 63.0 Å². The van der Waals surface area contributed by atoms with E-state index in [2.05, 4.69) is 52.8 Å². The summed E-state index contributed by atoms with van der Waals surface area (Å²) in [5.74, 6) is 0.607. The molecule has 17 heavy (non-hydrogen) atoms. The largest absolute Gasteiger partial charge is 0.398 e. The lowest BCUT2D eigenvalue weighted by atomic mass is 9.96. The SMILES string of the molecule is CCCC(C)c1ccc(SC(C)(C)C)c(N)c1. The minimum Gasteiger partial charge on any atom is -0.398 e. The number of thioether (sulfide) groups is 1. The van der Waals surface area contributed by atoms with Crippen LogP contribution in [0.15, 0.2) is 23.1 Å². The van der Waals surface area contributed by atoms with Crippen molar-refractivity contribution >= 4 is 17.4 Å². The maximum Gasteiger partial charge on any atom is 0.0455 e. The van der Waals surface area contributed by atoms with Gasteiger partial charge in [0.2, 0.25) is 0 Å². The molecule has 0 aliphatic rings. The van der Waals surface area contributed by atoms with Crippen LogP contribution in [0.3, 0.4) is 0 Å². The van der Waals surface area contributed by atoms with Gasteiger partial charge in [0.05, 0.1) is 0 Å². The van der Waals surface area contributed by atoms with E-state index in [1.165, 1.54) is 23.3 Å². The van der Waals surface area contributed by atoms with E-state index in [9.17, 15) is 0 Å². The summed E-state index contributed by atoms with van der Waals surface area (Å²) in [5, 5.41) is 0. The molecular weight excluding hydrogens is 226 g/mol. The van der Waals surface area contributed by atoms with Crippen LogP contribution in [0.1, 0.15) is 58.9 Å². The molecule has 1 nitrogen and oxygen atoms in total. The van der Waals surface area contributed by atoms with Crippen molar-refractivity contribution < 1.29 is 0 Å².